The standard InChI is InChI=1S/C10H10F3N5O2.C5H9NO2.C4H7FO/c1-18-7(9(19)15-8-2-3-14-16-8)4-6(17-18)5-20-10(11,12)13;1-5(2-3-5)6-4(7)8;5-4-1-2-6-3-4/h2-4H,5H2,1H3,(H2,14,15,16,19);6H,2-3H2,1H3,(H,7,8);4H,1-3H2. The number of H-pyrrole nitrogens is 1. The number of nitrogens with one attached hydrogen (secondary N) is 3. The predicted octanol–water partition coefficient (Wildman–Crippen LogP) is 2.98. The number of carboxylic acid groups (broad SMARTS) is 1. The van der Waals surface area contributed by atoms with Crippen LogP contribution in [0.5, 0.6) is 0 Å². The molecule has 2 amide bonds. The van der Waals surface area contributed by atoms with Crippen LogP contribution in [-0.4, -0.2) is 68.4 Å². The molecule has 4 rings (SSSR count). The van der Waals surface area contributed by atoms with Crippen molar-refractivity contribution in [2.45, 2.75) is 50.9 Å². The minimum Gasteiger partial charge on any atom is -0.465 e. The van der Waals surface area contributed by atoms with Gasteiger partial charge in [-0.2, -0.15) is 10.2 Å². The summed E-state index contributed by atoms with van der Waals surface area (Å²) in [6.45, 7) is 2.08. The summed E-state index contributed by atoms with van der Waals surface area (Å²) in [5.41, 5.74) is 0.0196. The fourth-order valence-corrected chi connectivity index (χ4v) is 2.55. The highest BCUT2D eigenvalue weighted by atomic mass is 19.4. The summed E-state index contributed by atoms with van der Waals surface area (Å²) < 4.78 is 57.0. The zero-order chi connectivity index (χ0) is 25.4. The molecule has 1 aliphatic carbocycles. The Morgan fingerprint density at radius 3 is 2.53 bits per heavy atom. The van der Waals surface area contributed by atoms with Crippen molar-refractivity contribution >= 4 is 17.8 Å². The largest absolute Gasteiger partial charge is 0.522 e. The maximum Gasteiger partial charge on any atom is 0.522 e. The summed E-state index contributed by atoms with van der Waals surface area (Å²) in [5.74, 6) is -0.160. The van der Waals surface area contributed by atoms with E-state index in [0.717, 1.165) is 12.8 Å². The van der Waals surface area contributed by atoms with Crippen LogP contribution in [0.2, 0.25) is 0 Å². The Kier molecular flexibility index (Phi) is 9.37. The molecule has 1 unspecified atom stereocenters. The Morgan fingerprint density at radius 1 is 1.41 bits per heavy atom. The number of aryl methyl sites for hydroxylation is 1. The Labute approximate surface area is 191 Å². The van der Waals surface area contributed by atoms with Gasteiger partial charge in [0.05, 0.1) is 18.5 Å². The highest BCUT2D eigenvalue weighted by Crippen LogP contribution is 2.33. The number of anilines is 1. The summed E-state index contributed by atoms with van der Waals surface area (Å²) >= 11 is 0. The molecular weight excluding hydrogens is 468 g/mol. The molecule has 0 aromatic carbocycles. The highest BCUT2D eigenvalue weighted by molar-refractivity contribution is 6.02. The summed E-state index contributed by atoms with van der Waals surface area (Å²) in [6, 6.07) is 2.75. The molecule has 34 heavy (non-hydrogen) atoms. The first-order valence-corrected chi connectivity index (χ1v) is 10.1. The number of nitrogens with zero attached hydrogens (tertiary/aromatic N) is 3. The van der Waals surface area contributed by atoms with Gasteiger partial charge in [0.2, 0.25) is 0 Å². The number of aromatic nitrogens is 4. The van der Waals surface area contributed by atoms with E-state index >= 15 is 0 Å². The number of hydrogen-bond acceptors (Lipinski definition) is 6. The number of hydrogen-bond donors (Lipinski definition) is 4. The van der Waals surface area contributed by atoms with Crippen LogP contribution >= 0.6 is 0 Å². The lowest BCUT2D eigenvalue weighted by atomic mass is 10.3. The van der Waals surface area contributed by atoms with E-state index in [2.05, 4.69) is 35.4 Å². The quantitative estimate of drug-likeness (QED) is 0.468. The zero-order valence-corrected chi connectivity index (χ0v) is 18.5. The summed E-state index contributed by atoms with van der Waals surface area (Å²) in [4.78, 5) is 21.8. The van der Waals surface area contributed by atoms with Gasteiger partial charge in [-0.25, -0.2) is 9.18 Å². The van der Waals surface area contributed by atoms with Crippen molar-refractivity contribution in [2.75, 3.05) is 18.5 Å². The highest BCUT2D eigenvalue weighted by Gasteiger charge is 2.38. The average Bonchev–Trinajstić information content (AvgIpc) is 3.18. The zero-order valence-electron chi connectivity index (χ0n) is 18.5. The van der Waals surface area contributed by atoms with Gasteiger partial charge in [-0.05, 0) is 25.8 Å². The smallest absolute Gasteiger partial charge is 0.465 e. The van der Waals surface area contributed by atoms with E-state index < -0.39 is 31.1 Å². The number of alkyl halides is 4. The maximum absolute atomic E-state index is 11.9. The van der Waals surface area contributed by atoms with E-state index in [4.69, 9.17) is 5.11 Å². The molecule has 0 radical (unpaired) electrons. The van der Waals surface area contributed by atoms with Gasteiger partial charge in [0.25, 0.3) is 5.91 Å². The van der Waals surface area contributed by atoms with Crippen LogP contribution in [0.1, 0.15) is 42.4 Å². The fourth-order valence-electron chi connectivity index (χ4n) is 2.55. The number of rotatable bonds is 5. The van der Waals surface area contributed by atoms with Crippen molar-refractivity contribution < 1.29 is 41.7 Å². The molecule has 4 N–H and O–H groups in total. The molecule has 0 spiro atoms. The van der Waals surface area contributed by atoms with Crippen LogP contribution < -0.4 is 10.6 Å². The Balaban J connectivity index is 0.000000236. The fraction of sp³-hybridized carbons (Fsp3) is 0.579. The number of carbonyl (C=O) groups excluding carboxylic acids is 1. The number of halogens is 4. The first-order valence-electron chi connectivity index (χ1n) is 10.1. The lowest BCUT2D eigenvalue weighted by Gasteiger charge is -2.04. The van der Waals surface area contributed by atoms with Crippen molar-refractivity contribution in [3.05, 3.63) is 29.7 Å². The second kappa shape index (κ2) is 11.8. The van der Waals surface area contributed by atoms with Gasteiger partial charge in [-0.1, -0.05) is 0 Å². The molecule has 3 heterocycles. The van der Waals surface area contributed by atoms with Crippen molar-refractivity contribution in [3.63, 3.8) is 0 Å². The van der Waals surface area contributed by atoms with Crippen LogP contribution in [0, 0.1) is 0 Å². The van der Waals surface area contributed by atoms with Crippen LogP contribution in [-0.2, 0) is 23.1 Å². The predicted molar refractivity (Wildman–Crippen MR) is 110 cm³/mol. The van der Waals surface area contributed by atoms with E-state index in [1.165, 1.54) is 30.1 Å². The van der Waals surface area contributed by atoms with Crippen molar-refractivity contribution in [1.82, 2.24) is 25.3 Å². The first kappa shape index (κ1) is 27.0. The van der Waals surface area contributed by atoms with Gasteiger partial charge in [0.15, 0.2) is 0 Å². The van der Waals surface area contributed by atoms with Gasteiger partial charge >= 0.3 is 12.5 Å². The number of carbonyl (C=O) groups is 2. The average molecular weight is 494 g/mol. The summed E-state index contributed by atoms with van der Waals surface area (Å²) in [5, 5.41) is 23.0. The molecule has 2 aromatic heterocycles. The second-order valence-electron chi connectivity index (χ2n) is 7.76. The molecule has 11 nitrogen and oxygen atoms in total. The first-order chi connectivity index (χ1) is 15.9. The van der Waals surface area contributed by atoms with Gasteiger partial charge in [0, 0.05) is 31.7 Å². The molecule has 2 aromatic rings. The summed E-state index contributed by atoms with van der Waals surface area (Å²) in [7, 11) is 1.44. The Morgan fingerprint density at radius 2 is 2.12 bits per heavy atom. The molecule has 1 atom stereocenters. The third-order valence-corrected chi connectivity index (χ3v) is 4.58. The van der Waals surface area contributed by atoms with E-state index in [9.17, 15) is 27.2 Å². The minimum absolute atomic E-state index is 0.000384. The number of aromatic amines is 1. The van der Waals surface area contributed by atoms with Crippen LogP contribution in [0.25, 0.3) is 0 Å². The molecular formula is C19H26F4N6O5. The molecule has 190 valence electrons. The third kappa shape index (κ3) is 10.2. The molecule has 2 aliphatic rings. The SMILES string of the molecule is CC1(NC(=O)O)CC1.Cn1nc(COC(F)(F)F)cc1C(=O)Nc1ccn[nH]1.FC1CCOC1. The van der Waals surface area contributed by atoms with Gasteiger partial charge in [-0.3, -0.25) is 19.3 Å². The lowest BCUT2D eigenvalue weighted by Crippen LogP contribution is -2.32. The third-order valence-electron chi connectivity index (χ3n) is 4.58. The molecule has 15 heteroatoms. The molecule has 2 fully saturated rings. The topological polar surface area (TPSA) is 143 Å². The van der Waals surface area contributed by atoms with E-state index in [0.29, 0.717) is 25.5 Å². The Hall–Kier alpha value is -3.20. The molecule has 1 saturated carbocycles. The van der Waals surface area contributed by atoms with Crippen LogP contribution in [0.3, 0.4) is 0 Å². The monoisotopic (exact) mass is 494 g/mol. The van der Waals surface area contributed by atoms with E-state index in [1.807, 2.05) is 6.92 Å². The van der Waals surface area contributed by atoms with Gasteiger partial charge < -0.3 is 20.5 Å². The molecule has 1 saturated heterocycles. The van der Waals surface area contributed by atoms with E-state index in [1.54, 1.807) is 0 Å². The number of amides is 2. The van der Waals surface area contributed by atoms with Crippen LogP contribution in [0.15, 0.2) is 18.3 Å². The van der Waals surface area contributed by atoms with E-state index in [-0.39, 0.29) is 16.9 Å². The molecule has 0 bridgehead atoms. The lowest BCUT2D eigenvalue weighted by molar-refractivity contribution is -0.330. The second-order valence-corrected chi connectivity index (χ2v) is 7.76. The van der Waals surface area contributed by atoms with Crippen LogP contribution in [0.4, 0.5) is 28.2 Å². The van der Waals surface area contributed by atoms with Crippen molar-refractivity contribution in [2.24, 2.45) is 7.05 Å². The van der Waals surface area contributed by atoms with Gasteiger partial charge in [-0.15, -0.1) is 13.2 Å². The Bertz CT molecular complexity index is 924. The number of ether oxygens (including phenoxy) is 2. The van der Waals surface area contributed by atoms with Crippen molar-refractivity contribution in [3.8, 4) is 0 Å². The maximum atomic E-state index is 11.9. The molecule has 1 aliphatic heterocycles. The van der Waals surface area contributed by atoms with Crippen molar-refractivity contribution in [1.29, 1.82) is 0 Å². The normalized spacial score (nSPS) is 18.1. The van der Waals surface area contributed by atoms with Gasteiger partial charge in [0.1, 0.15) is 24.3 Å². The summed E-state index contributed by atoms with van der Waals surface area (Å²) in [6.07, 6.45) is -2.31. The minimum atomic E-state index is -4.74.